The molecule has 134 valence electrons. The van der Waals surface area contributed by atoms with Gasteiger partial charge in [-0.3, -0.25) is 0 Å². The van der Waals surface area contributed by atoms with Crippen molar-refractivity contribution in [1.82, 2.24) is 0 Å². The quantitative estimate of drug-likeness (QED) is 0.0585. The second kappa shape index (κ2) is 11.3. The molecule has 1 atom stereocenters. The van der Waals surface area contributed by atoms with Gasteiger partial charge >= 0.3 is 0 Å². The summed E-state index contributed by atoms with van der Waals surface area (Å²) in [4.78, 5) is 0. The minimum absolute atomic E-state index is 0.870. The molecule has 0 radical (unpaired) electrons. The van der Waals surface area contributed by atoms with E-state index in [0.29, 0.717) is 0 Å². The topological polar surface area (TPSA) is 0 Å². The van der Waals surface area contributed by atoms with Gasteiger partial charge in [-0.05, 0) is 30.6 Å². The van der Waals surface area contributed by atoms with Crippen molar-refractivity contribution in [2.75, 3.05) is 17.3 Å². The molecule has 16 heteroatoms. The molecule has 0 aromatic heterocycles. The Labute approximate surface area is 185 Å². The zero-order chi connectivity index (χ0) is 16.9. The lowest BCUT2D eigenvalue weighted by Gasteiger charge is -2.53. The molecule has 21 heavy (non-hydrogen) atoms. The molecule has 0 N–H and O–H groups in total. The minimum atomic E-state index is -1.79. The van der Waals surface area contributed by atoms with Crippen molar-refractivity contribution in [2.24, 2.45) is 0 Å². The van der Waals surface area contributed by atoms with Gasteiger partial charge in [-0.25, -0.2) is 0 Å². The van der Waals surface area contributed by atoms with Crippen LogP contribution in [0.3, 0.4) is 0 Å². The fraction of sp³-hybridized carbons (Fsp3) is 1.00. The maximum atomic E-state index is 4.74. The van der Waals surface area contributed by atoms with E-state index in [0.717, 1.165) is 23.7 Å². The Balaban J connectivity index is 4.23. The Hall–Kier alpha value is 5.31. The van der Waals surface area contributed by atoms with E-state index >= 15 is 0 Å². The molecule has 0 amide bonds. The summed E-state index contributed by atoms with van der Waals surface area (Å²) < 4.78 is 0. The third-order valence-corrected chi connectivity index (χ3v) is 61.6. The Kier molecular flexibility index (Phi) is 14.2. The van der Waals surface area contributed by atoms with Crippen LogP contribution in [0.25, 0.3) is 0 Å². The summed E-state index contributed by atoms with van der Waals surface area (Å²) in [7, 11) is 7.83. The average molecular weight is 573 g/mol. The van der Waals surface area contributed by atoms with Crippen LogP contribution in [-0.4, -0.2) is 24.4 Å². The fourth-order valence-electron chi connectivity index (χ4n) is 0.874. The molecule has 0 aromatic carbocycles. The lowest BCUT2D eigenvalue weighted by molar-refractivity contribution is 1.13. The molecule has 0 aliphatic heterocycles. The predicted octanol–water partition coefficient (Wildman–Crippen LogP) is 7.70. The van der Waals surface area contributed by atoms with E-state index in [-0.39, 0.29) is 0 Å². The molecule has 0 nitrogen and oxygen atoms in total. The van der Waals surface area contributed by atoms with E-state index in [1.807, 2.05) is 21.6 Å². The highest BCUT2D eigenvalue weighted by atomic mass is 34.5. The van der Waals surface area contributed by atoms with E-state index in [4.69, 9.17) is 35.0 Å². The van der Waals surface area contributed by atoms with Gasteiger partial charge in [0.25, 0.3) is 0 Å². The van der Waals surface area contributed by atoms with Crippen LogP contribution in [0.5, 0.6) is 0 Å². The molecule has 1 unspecified atom stereocenters. The minimum Gasteiger partial charge on any atom is -0.139 e. The van der Waals surface area contributed by atoms with Crippen LogP contribution in [0.4, 0.5) is 0 Å². The highest BCUT2D eigenvalue weighted by molar-refractivity contribution is 10.1. The molecule has 0 aromatic rings. The van der Waals surface area contributed by atoms with Gasteiger partial charge in [0, 0.05) is 11.5 Å². The summed E-state index contributed by atoms with van der Waals surface area (Å²) in [6.45, 7) is 1.30. The third kappa shape index (κ3) is 9.88. The number of thiol groups is 8. The summed E-state index contributed by atoms with van der Waals surface area (Å²) >= 11 is 36.8. The van der Waals surface area contributed by atoms with Crippen molar-refractivity contribution >= 4 is 158 Å². The average Bonchev–Trinajstić information content (AvgIpc) is 2.26. The summed E-state index contributed by atoms with van der Waals surface area (Å²) in [6.07, 6.45) is -4.13. The molecular formula is C5H21BS15. The first-order chi connectivity index (χ1) is 9.27. The molecule has 0 aliphatic carbocycles. The lowest BCUT2D eigenvalue weighted by Crippen LogP contribution is -1.90. The maximum absolute atomic E-state index is 4.74. The van der Waals surface area contributed by atoms with Crippen molar-refractivity contribution in [3.05, 3.63) is 0 Å². The van der Waals surface area contributed by atoms with E-state index in [2.05, 4.69) is 72.4 Å². The highest BCUT2D eigenvalue weighted by Gasteiger charge is 2.42. The number of hydrogen-bond acceptors (Lipinski definition) is 11. The van der Waals surface area contributed by atoms with Gasteiger partial charge in [-0.1, -0.05) is 17.7 Å². The second-order valence-corrected chi connectivity index (χ2v) is 53.0. The standard InChI is InChI=1S/C5H21BS15/c1-2-15-18(6,7)16-4-3-5-17-20(11,12)21(13,14)19(8,9)10/h7-14H,2-6H2,1H3. The molecule has 0 heterocycles. The van der Waals surface area contributed by atoms with Crippen LogP contribution in [0, 0.1) is 0 Å². The highest BCUT2D eigenvalue weighted by Crippen LogP contribution is 3.12. The van der Waals surface area contributed by atoms with Crippen molar-refractivity contribution in [3.63, 3.8) is 0 Å². The van der Waals surface area contributed by atoms with Crippen molar-refractivity contribution in [2.45, 2.75) is 13.3 Å². The van der Waals surface area contributed by atoms with E-state index in [1.165, 1.54) is 0 Å². The first kappa shape index (κ1) is 26.3. The maximum Gasteiger partial charge on any atom is 0.190 e. The van der Waals surface area contributed by atoms with Crippen LogP contribution < -0.4 is 0 Å². The first-order valence-electron chi connectivity index (χ1n) is 5.28. The molecular weight excluding hydrogens is 552 g/mol. The Morgan fingerprint density at radius 1 is 0.810 bits per heavy atom. The van der Waals surface area contributed by atoms with Crippen molar-refractivity contribution in [3.8, 4) is 0 Å². The van der Waals surface area contributed by atoms with Gasteiger partial charge < -0.3 is 0 Å². The zero-order valence-corrected chi connectivity index (χ0v) is 24.1. The summed E-state index contributed by atoms with van der Waals surface area (Å²) in [5.41, 5.74) is 0. The third-order valence-electron chi connectivity index (χ3n) is 1.74. The summed E-state index contributed by atoms with van der Waals surface area (Å²) in [6, 6.07) is 0. The largest absolute Gasteiger partial charge is 0.190 e. The molecule has 0 fully saturated rings. The van der Waals surface area contributed by atoms with E-state index in [1.54, 1.807) is 10.8 Å². The van der Waals surface area contributed by atoms with Crippen LogP contribution >= 0.6 is 151 Å². The van der Waals surface area contributed by atoms with Crippen molar-refractivity contribution < 1.29 is 0 Å². The molecule has 0 saturated carbocycles. The monoisotopic (exact) mass is 572 g/mol. The normalized spacial score (nSPS) is 20.6. The number of hydrogen-bond donors (Lipinski definition) is 8. The van der Waals surface area contributed by atoms with Crippen LogP contribution in [0.15, 0.2) is 0 Å². The second-order valence-electron chi connectivity index (χ2n) is 3.50. The molecule has 0 rings (SSSR count). The van der Waals surface area contributed by atoms with Crippen LogP contribution in [0.1, 0.15) is 13.3 Å². The first-order valence-corrected chi connectivity index (χ1v) is 26.2. The Morgan fingerprint density at radius 3 is 1.71 bits per heavy atom. The summed E-state index contributed by atoms with van der Waals surface area (Å²) in [5, 5.41) is 0. The van der Waals surface area contributed by atoms with Crippen LogP contribution in [0.2, 0.25) is 0 Å². The smallest absolute Gasteiger partial charge is 0.139 e. The fourth-order valence-corrected chi connectivity index (χ4v) is 45.9. The SMILES string of the molecule is BS(S)(SCC)SCCCSS(S)(S)S(S)(S)S(S)(S)S. The molecule has 0 spiro atoms. The Morgan fingerprint density at radius 2 is 1.29 bits per heavy atom. The van der Waals surface area contributed by atoms with E-state index < -0.39 is 25.4 Å². The zero-order valence-electron chi connectivity index (χ0n) is 11.3. The molecule has 0 bridgehead atoms. The number of rotatable bonds is 10. The van der Waals surface area contributed by atoms with Gasteiger partial charge in [0.2, 0.25) is 0 Å². The molecule has 0 saturated heterocycles. The lowest BCUT2D eigenvalue weighted by atomic mass is 10.6. The van der Waals surface area contributed by atoms with Crippen LogP contribution in [-0.2, 0) is 0 Å². The van der Waals surface area contributed by atoms with E-state index in [9.17, 15) is 0 Å². The Bertz CT molecular complexity index is 308. The molecule has 0 aliphatic rings. The van der Waals surface area contributed by atoms with Crippen molar-refractivity contribution in [1.29, 1.82) is 0 Å². The van der Waals surface area contributed by atoms with Gasteiger partial charge in [0.15, 0.2) is 7.12 Å². The van der Waals surface area contributed by atoms with Gasteiger partial charge in [-0.15, -0.1) is 122 Å². The van der Waals surface area contributed by atoms with Gasteiger partial charge in [0.1, 0.15) is 0 Å². The van der Waals surface area contributed by atoms with Gasteiger partial charge in [0.05, 0.1) is 0 Å². The van der Waals surface area contributed by atoms with Gasteiger partial charge in [-0.2, -0.15) is 0 Å². The predicted molar refractivity (Wildman–Crippen MR) is 158 cm³/mol. The summed E-state index contributed by atoms with van der Waals surface area (Å²) in [5.74, 6) is 3.17.